The third-order valence-electron chi connectivity index (χ3n) is 5.03. The molecular formula is C26H40N4O8. The number of phenols is 1. The molecule has 212 valence electrons. The Kier molecular flexibility index (Phi) is 11.6. The van der Waals surface area contributed by atoms with Crippen molar-refractivity contribution in [1.29, 1.82) is 0 Å². The maximum absolute atomic E-state index is 13.9. The zero-order chi connectivity index (χ0) is 29.3. The molecule has 5 N–H and O–H groups in total. The van der Waals surface area contributed by atoms with Gasteiger partial charge >= 0.3 is 12.1 Å². The van der Waals surface area contributed by atoms with Crippen LogP contribution in [-0.2, 0) is 28.7 Å². The fourth-order valence-corrected chi connectivity index (χ4v) is 3.60. The molecule has 0 saturated heterocycles. The molecule has 12 nitrogen and oxygen atoms in total. The number of benzene rings is 1. The van der Waals surface area contributed by atoms with Crippen LogP contribution in [0.25, 0.3) is 0 Å². The van der Waals surface area contributed by atoms with Gasteiger partial charge in [0.25, 0.3) is 0 Å². The summed E-state index contributed by atoms with van der Waals surface area (Å²) in [5.74, 6) is -3.15. The number of rotatable bonds is 11. The van der Waals surface area contributed by atoms with E-state index in [4.69, 9.17) is 15.2 Å². The second kappa shape index (κ2) is 13.6. The lowest BCUT2D eigenvalue weighted by Crippen LogP contribution is -2.59. The number of phenolic OH excluding ortho intramolecular Hbond substituents is 1. The summed E-state index contributed by atoms with van der Waals surface area (Å²) in [4.78, 5) is 64.7. The first-order valence-corrected chi connectivity index (χ1v) is 12.3. The number of esters is 1. The van der Waals surface area contributed by atoms with Crippen molar-refractivity contribution >= 4 is 29.8 Å². The summed E-state index contributed by atoms with van der Waals surface area (Å²) in [5.41, 5.74) is 3.52. The molecule has 2 unspecified atom stereocenters. The minimum atomic E-state index is -1.47. The number of amides is 4. The Hall–Kier alpha value is -3.83. The summed E-state index contributed by atoms with van der Waals surface area (Å²) in [6.07, 6.45) is -1.63. The Morgan fingerprint density at radius 2 is 1.66 bits per heavy atom. The molecule has 0 aromatic heterocycles. The van der Waals surface area contributed by atoms with E-state index in [-0.39, 0.29) is 30.9 Å². The number of primary amides is 1. The van der Waals surface area contributed by atoms with Gasteiger partial charge in [-0.2, -0.15) is 0 Å². The number of hydrogen-bond donors (Lipinski definition) is 4. The molecule has 0 aliphatic heterocycles. The van der Waals surface area contributed by atoms with Crippen LogP contribution in [0.1, 0.15) is 72.9 Å². The fraction of sp³-hybridized carbons (Fsp3) is 0.577. The van der Waals surface area contributed by atoms with Crippen molar-refractivity contribution in [3.8, 4) is 5.75 Å². The van der Waals surface area contributed by atoms with E-state index in [2.05, 4.69) is 10.6 Å². The van der Waals surface area contributed by atoms with Crippen LogP contribution in [0.2, 0.25) is 0 Å². The predicted octanol–water partition coefficient (Wildman–Crippen LogP) is 1.90. The molecule has 0 fully saturated rings. The molecule has 0 aliphatic rings. The van der Waals surface area contributed by atoms with Crippen molar-refractivity contribution in [2.24, 2.45) is 5.73 Å². The molecule has 1 aromatic carbocycles. The Morgan fingerprint density at radius 3 is 2.16 bits per heavy atom. The second-order valence-corrected chi connectivity index (χ2v) is 10.6. The topological polar surface area (TPSA) is 177 Å². The number of hydrogen-bond acceptors (Lipinski definition) is 8. The van der Waals surface area contributed by atoms with E-state index in [1.807, 2.05) is 0 Å². The van der Waals surface area contributed by atoms with Gasteiger partial charge in [-0.05, 0) is 54.5 Å². The lowest BCUT2D eigenvalue weighted by atomic mass is 9.94. The lowest BCUT2D eigenvalue weighted by molar-refractivity contribution is -0.149. The van der Waals surface area contributed by atoms with Gasteiger partial charge < -0.3 is 35.8 Å². The minimum Gasteiger partial charge on any atom is -0.508 e. The molecule has 0 saturated carbocycles. The van der Waals surface area contributed by atoms with E-state index < -0.39 is 59.4 Å². The number of nitrogens with zero attached hydrogens (tertiary/aromatic N) is 1. The quantitative estimate of drug-likeness (QED) is 0.310. The van der Waals surface area contributed by atoms with Gasteiger partial charge in [0, 0.05) is 17.6 Å². The van der Waals surface area contributed by atoms with Gasteiger partial charge in [-0.25, -0.2) is 4.79 Å². The maximum atomic E-state index is 13.9. The number of alkyl carbamates (subject to hydrolysis) is 1. The van der Waals surface area contributed by atoms with Crippen LogP contribution >= 0.6 is 0 Å². The van der Waals surface area contributed by atoms with Gasteiger partial charge in [0.05, 0.1) is 19.4 Å². The average molecular weight is 537 g/mol. The summed E-state index contributed by atoms with van der Waals surface area (Å²) in [6.45, 7) is 11.6. The molecule has 0 spiro atoms. The molecule has 0 heterocycles. The van der Waals surface area contributed by atoms with Gasteiger partial charge in [0.2, 0.25) is 17.7 Å². The van der Waals surface area contributed by atoms with Crippen molar-refractivity contribution in [1.82, 2.24) is 15.5 Å². The number of carbonyl (C=O) groups is 5. The largest absolute Gasteiger partial charge is 0.508 e. The van der Waals surface area contributed by atoms with Crippen molar-refractivity contribution in [3.05, 3.63) is 29.8 Å². The van der Waals surface area contributed by atoms with Crippen molar-refractivity contribution in [2.45, 2.75) is 84.5 Å². The van der Waals surface area contributed by atoms with E-state index in [1.54, 1.807) is 60.6 Å². The predicted molar refractivity (Wildman–Crippen MR) is 139 cm³/mol. The average Bonchev–Trinajstić information content (AvgIpc) is 2.74. The molecule has 0 bridgehead atoms. The van der Waals surface area contributed by atoms with Crippen molar-refractivity contribution < 1.29 is 38.6 Å². The normalized spacial score (nSPS) is 13.0. The maximum Gasteiger partial charge on any atom is 0.408 e. The van der Waals surface area contributed by atoms with Crippen LogP contribution in [0.3, 0.4) is 0 Å². The second-order valence-electron chi connectivity index (χ2n) is 10.6. The summed E-state index contributed by atoms with van der Waals surface area (Å²) < 4.78 is 10.1. The first kappa shape index (κ1) is 32.2. The molecule has 2 atom stereocenters. The Balaban J connectivity index is 3.50. The molecule has 0 radical (unpaired) electrons. The summed E-state index contributed by atoms with van der Waals surface area (Å²) in [5, 5.41) is 15.6. The highest BCUT2D eigenvalue weighted by Crippen LogP contribution is 2.34. The van der Waals surface area contributed by atoms with Crippen LogP contribution in [-0.4, -0.2) is 70.1 Å². The molecule has 1 rings (SSSR count). The monoisotopic (exact) mass is 536 g/mol. The number of nitrogens with one attached hydrogen (secondary N) is 2. The highest BCUT2D eigenvalue weighted by Gasteiger charge is 2.43. The van der Waals surface area contributed by atoms with E-state index in [9.17, 15) is 29.1 Å². The third kappa shape index (κ3) is 10.3. The van der Waals surface area contributed by atoms with E-state index in [0.717, 1.165) is 4.90 Å². The molecule has 4 amide bonds. The van der Waals surface area contributed by atoms with E-state index in [1.165, 1.54) is 12.1 Å². The van der Waals surface area contributed by atoms with Crippen LogP contribution in [0.4, 0.5) is 4.79 Å². The van der Waals surface area contributed by atoms with Gasteiger partial charge in [-0.3, -0.25) is 19.2 Å². The van der Waals surface area contributed by atoms with Crippen molar-refractivity contribution in [3.63, 3.8) is 0 Å². The first-order valence-electron chi connectivity index (χ1n) is 12.3. The van der Waals surface area contributed by atoms with E-state index in [0.29, 0.717) is 0 Å². The fourth-order valence-electron chi connectivity index (χ4n) is 3.60. The number of carbonyl (C=O) groups excluding carboxylic acids is 5. The smallest absolute Gasteiger partial charge is 0.408 e. The van der Waals surface area contributed by atoms with Crippen LogP contribution < -0.4 is 16.4 Å². The van der Waals surface area contributed by atoms with Crippen molar-refractivity contribution in [2.75, 3.05) is 13.2 Å². The number of aromatic hydroxyl groups is 1. The van der Waals surface area contributed by atoms with Gasteiger partial charge in [0.1, 0.15) is 23.4 Å². The highest BCUT2D eigenvalue weighted by atomic mass is 16.6. The SMILES string of the molecule is CCOC(=O)CCNC(=O)C(c1ccccc1O)N(C(=O)C(CC(N)=O)NC(=O)OC(C)(C)C)C(C)(C)C. The number of ether oxygens (including phenoxy) is 2. The Morgan fingerprint density at radius 1 is 1.05 bits per heavy atom. The zero-order valence-corrected chi connectivity index (χ0v) is 23.1. The minimum absolute atomic E-state index is 0.0885. The third-order valence-corrected chi connectivity index (χ3v) is 5.03. The molecule has 38 heavy (non-hydrogen) atoms. The Bertz CT molecular complexity index is 1010. The van der Waals surface area contributed by atoms with E-state index >= 15 is 0 Å². The standard InChI is InChI=1S/C26H40N4O8/c1-8-37-20(33)13-14-28-22(34)21(16-11-9-10-12-18(16)31)30(25(2,3)4)23(35)17(15-19(27)32)29-24(36)38-26(5,6)7/h9-12,17,21,31H,8,13-15H2,1-7H3,(H2,27,32)(H,28,34)(H,29,36). The molecule has 0 aliphatic carbocycles. The zero-order valence-electron chi connectivity index (χ0n) is 23.1. The lowest BCUT2D eigenvalue weighted by Gasteiger charge is -2.43. The van der Waals surface area contributed by atoms with Crippen LogP contribution in [0.15, 0.2) is 24.3 Å². The molecule has 1 aromatic rings. The van der Waals surface area contributed by atoms with Gasteiger partial charge in [0.15, 0.2) is 0 Å². The number of nitrogens with two attached hydrogens (primary N) is 1. The van der Waals surface area contributed by atoms with Gasteiger partial charge in [-0.15, -0.1) is 0 Å². The molecule has 12 heteroatoms. The highest BCUT2D eigenvalue weighted by molar-refractivity contribution is 5.95. The summed E-state index contributed by atoms with van der Waals surface area (Å²) in [6, 6.07) is 3.10. The van der Waals surface area contributed by atoms with Gasteiger partial charge in [-0.1, -0.05) is 18.2 Å². The van der Waals surface area contributed by atoms with Crippen LogP contribution in [0, 0.1) is 0 Å². The van der Waals surface area contributed by atoms with Crippen LogP contribution in [0.5, 0.6) is 5.75 Å². The molecular weight excluding hydrogens is 496 g/mol. The summed E-state index contributed by atoms with van der Waals surface area (Å²) in [7, 11) is 0. The Labute approximate surface area is 223 Å². The number of para-hydroxylation sites is 1. The first-order chi connectivity index (χ1) is 17.5. The summed E-state index contributed by atoms with van der Waals surface area (Å²) >= 11 is 0.